The minimum Gasteiger partial charge on any atom is -0.466 e. The Balaban J connectivity index is 1.61. The van der Waals surface area contributed by atoms with Gasteiger partial charge in [0.05, 0.1) is 17.9 Å². The van der Waals surface area contributed by atoms with E-state index in [2.05, 4.69) is 36.9 Å². The van der Waals surface area contributed by atoms with Gasteiger partial charge >= 0.3 is 0 Å². The lowest BCUT2D eigenvalue weighted by atomic mass is 9.76. The molecule has 0 unspecified atom stereocenters. The van der Waals surface area contributed by atoms with E-state index >= 15 is 0 Å². The van der Waals surface area contributed by atoms with E-state index in [1.165, 1.54) is 43.1 Å². The van der Waals surface area contributed by atoms with Gasteiger partial charge < -0.3 is 4.74 Å². The van der Waals surface area contributed by atoms with Crippen molar-refractivity contribution in [1.29, 1.82) is 5.26 Å². The predicted octanol–water partition coefficient (Wildman–Crippen LogP) is 5.52. The highest BCUT2D eigenvalue weighted by atomic mass is 16.5. The summed E-state index contributed by atoms with van der Waals surface area (Å²) in [4.78, 5) is 0. The minimum absolute atomic E-state index is 0.627. The molecule has 23 heavy (non-hydrogen) atoms. The summed E-state index contributed by atoms with van der Waals surface area (Å²) < 4.78 is 5.28. The van der Waals surface area contributed by atoms with E-state index < -0.39 is 0 Å². The van der Waals surface area contributed by atoms with Crippen LogP contribution >= 0.6 is 0 Å². The van der Waals surface area contributed by atoms with E-state index in [4.69, 9.17) is 10.00 Å². The molecule has 2 aromatic rings. The van der Waals surface area contributed by atoms with Gasteiger partial charge in [0.25, 0.3) is 0 Å². The van der Waals surface area contributed by atoms with Crippen LogP contribution in [0.15, 0.2) is 61.4 Å². The second-order valence-electron chi connectivity index (χ2n) is 6.14. The molecule has 1 saturated carbocycles. The first kappa shape index (κ1) is 15.4. The molecular weight excluding hydrogens is 282 g/mol. The second-order valence-corrected chi connectivity index (χ2v) is 6.14. The van der Waals surface area contributed by atoms with E-state index in [0.717, 1.165) is 11.3 Å². The molecule has 116 valence electrons. The topological polar surface area (TPSA) is 33.0 Å². The van der Waals surface area contributed by atoms with Crippen molar-refractivity contribution in [2.24, 2.45) is 0 Å². The van der Waals surface area contributed by atoms with Crippen LogP contribution in [0.25, 0.3) is 0 Å². The van der Waals surface area contributed by atoms with Crippen LogP contribution in [0.2, 0.25) is 0 Å². The normalized spacial score (nSPS) is 20.5. The van der Waals surface area contributed by atoms with Crippen molar-refractivity contribution >= 4 is 0 Å². The molecule has 0 saturated heterocycles. The van der Waals surface area contributed by atoms with Gasteiger partial charge in [-0.1, -0.05) is 30.8 Å². The Morgan fingerprint density at radius 2 is 1.35 bits per heavy atom. The van der Waals surface area contributed by atoms with E-state index in [1.807, 2.05) is 24.3 Å². The molecule has 2 aromatic carbocycles. The van der Waals surface area contributed by atoms with Crippen LogP contribution in [-0.2, 0) is 0 Å². The van der Waals surface area contributed by atoms with E-state index in [0.29, 0.717) is 11.8 Å². The smallest absolute Gasteiger partial charge is 0.126 e. The molecule has 3 rings (SSSR count). The van der Waals surface area contributed by atoms with Gasteiger partial charge in [-0.25, -0.2) is 0 Å². The third-order valence-electron chi connectivity index (χ3n) is 4.81. The summed E-state index contributed by atoms with van der Waals surface area (Å²) >= 11 is 0. The lowest BCUT2D eigenvalue weighted by Gasteiger charge is -2.29. The Bertz CT molecular complexity index is 686. The first-order valence-corrected chi connectivity index (χ1v) is 8.17. The molecule has 1 aliphatic carbocycles. The van der Waals surface area contributed by atoms with Crippen molar-refractivity contribution in [2.45, 2.75) is 37.5 Å². The van der Waals surface area contributed by atoms with Gasteiger partial charge in [0.1, 0.15) is 5.75 Å². The number of hydrogen-bond donors (Lipinski definition) is 0. The molecule has 1 fully saturated rings. The van der Waals surface area contributed by atoms with Crippen molar-refractivity contribution in [3.8, 4) is 11.8 Å². The Morgan fingerprint density at radius 1 is 0.870 bits per heavy atom. The van der Waals surface area contributed by atoms with Gasteiger partial charge in [-0.15, -0.1) is 0 Å². The first-order chi connectivity index (χ1) is 11.3. The summed E-state index contributed by atoms with van der Waals surface area (Å²) in [5.41, 5.74) is 3.51. The van der Waals surface area contributed by atoms with Crippen molar-refractivity contribution < 1.29 is 4.74 Å². The quantitative estimate of drug-likeness (QED) is 0.696. The molecule has 0 radical (unpaired) electrons. The SMILES string of the molecule is C=COc1ccc(C2CCC(c3ccc(C#N)cc3)CC2)cc1. The van der Waals surface area contributed by atoms with E-state index in [-0.39, 0.29) is 0 Å². The van der Waals surface area contributed by atoms with Crippen LogP contribution in [0, 0.1) is 11.3 Å². The molecule has 0 spiro atoms. The molecule has 2 nitrogen and oxygen atoms in total. The van der Waals surface area contributed by atoms with Crippen LogP contribution < -0.4 is 4.74 Å². The highest BCUT2D eigenvalue weighted by Crippen LogP contribution is 2.40. The number of nitriles is 1. The van der Waals surface area contributed by atoms with Crippen LogP contribution in [0.5, 0.6) is 5.75 Å². The van der Waals surface area contributed by atoms with Gasteiger partial charge in [-0.2, -0.15) is 5.26 Å². The van der Waals surface area contributed by atoms with Gasteiger partial charge in [0.2, 0.25) is 0 Å². The van der Waals surface area contributed by atoms with Crippen LogP contribution in [0.3, 0.4) is 0 Å². The maximum absolute atomic E-state index is 8.89. The number of rotatable bonds is 4. The third kappa shape index (κ3) is 3.63. The molecule has 0 bridgehead atoms. The monoisotopic (exact) mass is 303 g/mol. The van der Waals surface area contributed by atoms with Gasteiger partial charge in [-0.05, 0) is 72.9 Å². The summed E-state index contributed by atoms with van der Waals surface area (Å²) in [6.45, 7) is 3.58. The standard InChI is InChI=1S/C21H21NO/c1-2-23-21-13-11-20(12-14-21)19-9-7-18(8-10-19)17-5-3-16(15-22)4-6-17/h2-6,11-14,18-19H,1,7-10H2. The maximum Gasteiger partial charge on any atom is 0.126 e. The molecular formula is C21H21NO. The zero-order chi connectivity index (χ0) is 16.1. The Labute approximate surface area is 138 Å². The number of hydrogen-bond acceptors (Lipinski definition) is 2. The summed E-state index contributed by atoms with van der Waals surface area (Å²) in [7, 11) is 0. The van der Waals surface area contributed by atoms with Crippen LogP contribution in [0.1, 0.15) is 54.2 Å². The highest BCUT2D eigenvalue weighted by molar-refractivity contribution is 5.34. The summed E-state index contributed by atoms with van der Waals surface area (Å²) in [6, 6.07) is 18.7. The molecule has 1 aliphatic rings. The van der Waals surface area contributed by atoms with Crippen molar-refractivity contribution in [2.75, 3.05) is 0 Å². The number of benzene rings is 2. The Morgan fingerprint density at radius 3 is 1.78 bits per heavy atom. The molecule has 0 atom stereocenters. The number of ether oxygens (including phenoxy) is 1. The van der Waals surface area contributed by atoms with Gasteiger partial charge in [-0.3, -0.25) is 0 Å². The zero-order valence-electron chi connectivity index (χ0n) is 13.2. The minimum atomic E-state index is 0.627. The van der Waals surface area contributed by atoms with E-state index in [9.17, 15) is 0 Å². The summed E-state index contributed by atoms with van der Waals surface area (Å²) in [5.74, 6) is 2.11. The fraction of sp³-hybridized carbons (Fsp3) is 0.286. The molecule has 0 N–H and O–H groups in total. The summed E-state index contributed by atoms with van der Waals surface area (Å²) in [6.07, 6.45) is 6.30. The average molecular weight is 303 g/mol. The van der Waals surface area contributed by atoms with Gasteiger partial charge in [0, 0.05) is 0 Å². The largest absolute Gasteiger partial charge is 0.466 e. The molecule has 0 aromatic heterocycles. The first-order valence-electron chi connectivity index (χ1n) is 8.17. The molecule has 0 heterocycles. The maximum atomic E-state index is 8.89. The number of nitrogens with zero attached hydrogens (tertiary/aromatic N) is 1. The molecule has 2 heteroatoms. The van der Waals surface area contributed by atoms with Crippen molar-refractivity contribution in [3.63, 3.8) is 0 Å². The molecule has 0 aliphatic heterocycles. The lowest BCUT2D eigenvalue weighted by Crippen LogP contribution is -2.12. The average Bonchev–Trinajstić information content (AvgIpc) is 2.63. The third-order valence-corrected chi connectivity index (χ3v) is 4.81. The fourth-order valence-electron chi connectivity index (χ4n) is 3.50. The second kappa shape index (κ2) is 7.15. The highest BCUT2D eigenvalue weighted by Gasteiger charge is 2.23. The fourth-order valence-corrected chi connectivity index (χ4v) is 3.50. The van der Waals surface area contributed by atoms with E-state index in [1.54, 1.807) is 0 Å². The van der Waals surface area contributed by atoms with Crippen LogP contribution in [0.4, 0.5) is 0 Å². The zero-order valence-corrected chi connectivity index (χ0v) is 13.2. The lowest BCUT2D eigenvalue weighted by molar-refractivity contribution is 0.396. The predicted molar refractivity (Wildman–Crippen MR) is 92.4 cm³/mol. The van der Waals surface area contributed by atoms with Gasteiger partial charge in [0.15, 0.2) is 0 Å². The van der Waals surface area contributed by atoms with Crippen molar-refractivity contribution in [3.05, 3.63) is 78.1 Å². The Kier molecular flexibility index (Phi) is 4.78. The Hall–Kier alpha value is -2.53. The molecule has 0 amide bonds. The van der Waals surface area contributed by atoms with Crippen molar-refractivity contribution in [1.82, 2.24) is 0 Å². The van der Waals surface area contributed by atoms with Crippen LogP contribution in [-0.4, -0.2) is 0 Å². The summed E-state index contributed by atoms with van der Waals surface area (Å²) in [5, 5.41) is 8.89.